The molecule has 0 aliphatic carbocycles. The molecular weight excluding hydrogens is 318 g/mol. The van der Waals surface area contributed by atoms with Crippen LogP contribution in [0.25, 0.3) is 11.3 Å². The Morgan fingerprint density at radius 2 is 2.12 bits per heavy atom. The summed E-state index contributed by atoms with van der Waals surface area (Å²) < 4.78 is 5.33. The van der Waals surface area contributed by atoms with Gasteiger partial charge in [-0.05, 0) is 39.6 Å². The zero-order valence-electron chi connectivity index (χ0n) is 15.6. The van der Waals surface area contributed by atoms with Gasteiger partial charge in [-0.3, -0.25) is 9.88 Å². The molecule has 0 aromatic carbocycles. The summed E-state index contributed by atoms with van der Waals surface area (Å²) in [4.78, 5) is 20.2. The molecule has 0 saturated carbocycles. The van der Waals surface area contributed by atoms with E-state index in [1.165, 1.54) is 0 Å². The molecule has 2 heterocycles. The fourth-order valence-corrected chi connectivity index (χ4v) is 2.33. The quantitative estimate of drug-likeness (QED) is 0.835. The third-order valence-corrected chi connectivity index (χ3v) is 4.44. The summed E-state index contributed by atoms with van der Waals surface area (Å²) in [5, 5.41) is 7.01. The monoisotopic (exact) mass is 345 g/mol. The second kappa shape index (κ2) is 8.11. The van der Waals surface area contributed by atoms with E-state index in [9.17, 15) is 4.79 Å². The Hall–Kier alpha value is -2.41. The lowest BCUT2D eigenvalue weighted by Gasteiger charge is -2.35. The van der Waals surface area contributed by atoms with Crippen molar-refractivity contribution in [1.82, 2.24) is 25.3 Å². The molecular formula is C18H27N5O2. The largest absolute Gasteiger partial charge is 0.359 e. The standard InChI is InChI=1S/C18H27N5O2/c1-6-23(5)18(2,3)13-20-17(24)22(4)12-15-10-16(21-25-15)14-8-7-9-19-11-14/h7-11H,6,12-13H2,1-5H3,(H,20,24). The molecule has 2 aromatic heterocycles. The zero-order valence-corrected chi connectivity index (χ0v) is 15.6. The first-order valence-corrected chi connectivity index (χ1v) is 8.39. The average molecular weight is 345 g/mol. The van der Waals surface area contributed by atoms with Crippen LogP contribution < -0.4 is 5.32 Å². The Bertz CT molecular complexity index is 684. The van der Waals surface area contributed by atoms with Gasteiger partial charge >= 0.3 is 6.03 Å². The molecule has 0 unspecified atom stereocenters. The van der Waals surface area contributed by atoms with E-state index >= 15 is 0 Å². The number of rotatable bonds is 7. The van der Waals surface area contributed by atoms with E-state index in [0.29, 0.717) is 24.5 Å². The van der Waals surface area contributed by atoms with Crippen molar-refractivity contribution in [3.05, 3.63) is 36.4 Å². The lowest BCUT2D eigenvalue weighted by atomic mass is 10.0. The lowest BCUT2D eigenvalue weighted by molar-refractivity contribution is 0.153. The van der Waals surface area contributed by atoms with Gasteiger partial charge in [-0.15, -0.1) is 0 Å². The number of nitrogens with zero attached hydrogens (tertiary/aromatic N) is 4. The maximum absolute atomic E-state index is 12.3. The summed E-state index contributed by atoms with van der Waals surface area (Å²) >= 11 is 0. The number of hydrogen-bond donors (Lipinski definition) is 1. The number of likely N-dealkylation sites (N-methyl/N-ethyl adjacent to an activating group) is 1. The van der Waals surface area contributed by atoms with Crippen molar-refractivity contribution in [2.24, 2.45) is 0 Å². The number of nitrogens with one attached hydrogen (secondary N) is 1. The highest BCUT2D eigenvalue weighted by Gasteiger charge is 2.23. The SMILES string of the molecule is CCN(C)C(C)(C)CNC(=O)N(C)Cc1cc(-c2cccnc2)no1. The van der Waals surface area contributed by atoms with Gasteiger partial charge in [0.25, 0.3) is 0 Å². The Kier molecular flexibility index (Phi) is 6.14. The summed E-state index contributed by atoms with van der Waals surface area (Å²) in [6.07, 6.45) is 3.43. The highest BCUT2D eigenvalue weighted by Crippen LogP contribution is 2.18. The highest BCUT2D eigenvalue weighted by molar-refractivity contribution is 5.73. The van der Waals surface area contributed by atoms with Gasteiger partial charge in [-0.25, -0.2) is 4.79 Å². The van der Waals surface area contributed by atoms with E-state index in [4.69, 9.17) is 4.52 Å². The Morgan fingerprint density at radius 1 is 1.36 bits per heavy atom. The normalized spacial score (nSPS) is 11.6. The number of hydrogen-bond acceptors (Lipinski definition) is 5. The number of carbonyl (C=O) groups is 1. The number of carbonyl (C=O) groups excluding carboxylic acids is 1. The summed E-state index contributed by atoms with van der Waals surface area (Å²) in [7, 11) is 3.78. The number of pyridine rings is 1. The fraction of sp³-hybridized carbons (Fsp3) is 0.500. The van der Waals surface area contributed by atoms with Crippen LogP contribution >= 0.6 is 0 Å². The number of urea groups is 1. The van der Waals surface area contributed by atoms with Crippen molar-refractivity contribution in [3.63, 3.8) is 0 Å². The van der Waals surface area contributed by atoms with Crippen LogP contribution in [0.2, 0.25) is 0 Å². The Balaban J connectivity index is 1.90. The van der Waals surface area contributed by atoms with E-state index in [-0.39, 0.29) is 11.6 Å². The molecule has 0 aliphatic rings. The third kappa shape index (κ3) is 5.03. The van der Waals surface area contributed by atoms with Crippen LogP contribution in [0.3, 0.4) is 0 Å². The Morgan fingerprint density at radius 3 is 2.76 bits per heavy atom. The summed E-state index contributed by atoms with van der Waals surface area (Å²) in [5.74, 6) is 0.626. The fourth-order valence-electron chi connectivity index (χ4n) is 2.33. The maximum atomic E-state index is 12.3. The molecule has 2 aromatic rings. The third-order valence-electron chi connectivity index (χ3n) is 4.44. The molecule has 25 heavy (non-hydrogen) atoms. The van der Waals surface area contributed by atoms with Gasteiger partial charge in [0.15, 0.2) is 5.76 Å². The van der Waals surface area contributed by atoms with Gasteiger partial charge in [0, 0.05) is 43.2 Å². The van der Waals surface area contributed by atoms with Gasteiger partial charge < -0.3 is 14.7 Å². The summed E-state index contributed by atoms with van der Waals surface area (Å²) in [5.41, 5.74) is 1.49. The van der Waals surface area contributed by atoms with E-state index < -0.39 is 0 Å². The molecule has 7 nitrogen and oxygen atoms in total. The molecule has 0 fully saturated rings. The molecule has 0 atom stereocenters. The van der Waals surface area contributed by atoms with Crippen molar-refractivity contribution in [2.45, 2.75) is 32.9 Å². The molecule has 7 heteroatoms. The van der Waals surface area contributed by atoms with E-state index in [0.717, 1.165) is 12.1 Å². The van der Waals surface area contributed by atoms with Crippen LogP contribution in [0.1, 0.15) is 26.5 Å². The molecule has 2 amide bonds. The molecule has 2 rings (SSSR count). The smallest absolute Gasteiger partial charge is 0.317 e. The Labute approximate surface area is 149 Å². The van der Waals surface area contributed by atoms with Gasteiger partial charge in [-0.2, -0.15) is 0 Å². The molecule has 136 valence electrons. The van der Waals surface area contributed by atoms with Crippen LogP contribution in [-0.4, -0.2) is 58.7 Å². The molecule has 1 N–H and O–H groups in total. The summed E-state index contributed by atoms with van der Waals surface area (Å²) in [6.45, 7) is 8.15. The van der Waals surface area contributed by atoms with Crippen LogP contribution in [0.5, 0.6) is 0 Å². The topological polar surface area (TPSA) is 74.5 Å². The average Bonchev–Trinajstić information content (AvgIpc) is 3.08. The molecule has 0 aliphatic heterocycles. The predicted octanol–water partition coefficient (Wildman–Crippen LogP) is 2.61. The minimum Gasteiger partial charge on any atom is -0.359 e. The first kappa shape index (κ1) is 18.9. The predicted molar refractivity (Wildman–Crippen MR) is 97.0 cm³/mol. The van der Waals surface area contributed by atoms with Gasteiger partial charge in [0.05, 0.1) is 6.54 Å². The maximum Gasteiger partial charge on any atom is 0.317 e. The first-order chi connectivity index (χ1) is 11.8. The minimum atomic E-state index is -0.142. The highest BCUT2D eigenvalue weighted by atomic mass is 16.5. The van der Waals surface area contributed by atoms with E-state index in [1.54, 1.807) is 24.3 Å². The van der Waals surface area contributed by atoms with E-state index in [1.807, 2.05) is 25.2 Å². The van der Waals surface area contributed by atoms with Gasteiger partial charge in [0.1, 0.15) is 5.69 Å². The molecule has 0 spiro atoms. The van der Waals surface area contributed by atoms with Crippen molar-refractivity contribution in [3.8, 4) is 11.3 Å². The van der Waals surface area contributed by atoms with Gasteiger partial charge in [0.2, 0.25) is 0 Å². The zero-order chi connectivity index (χ0) is 18.4. The number of aromatic nitrogens is 2. The van der Waals surface area contributed by atoms with Crippen molar-refractivity contribution in [2.75, 3.05) is 27.2 Å². The lowest BCUT2D eigenvalue weighted by Crippen LogP contribution is -2.51. The van der Waals surface area contributed by atoms with Crippen LogP contribution in [0.4, 0.5) is 4.79 Å². The van der Waals surface area contributed by atoms with Gasteiger partial charge in [-0.1, -0.05) is 12.1 Å². The van der Waals surface area contributed by atoms with Crippen molar-refractivity contribution in [1.29, 1.82) is 0 Å². The molecule has 0 bridgehead atoms. The van der Waals surface area contributed by atoms with Crippen LogP contribution in [0, 0.1) is 0 Å². The second-order valence-electron chi connectivity index (χ2n) is 6.76. The van der Waals surface area contributed by atoms with Crippen LogP contribution in [-0.2, 0) is 6.54 Å². The van der Waals surface area contributed by atoms with Crippen molar-refractivity contribution < 1.29 is 9.32 Å². The first-order valence-electron chi connectivity index (χ1n) is 8.39. The molecule has 0 saturated heterocycles. The van der Waals surface area contributed by atoms with Crippen LogP contribution in [0.15, 0.2) is 35.1 Å². The minimum absolute atomic E-state index is 0.106. The number of amides is 2. The van der Waals surface area contributed by atoms with Crippen molar-refractivity contribution >= 4 is 6.03 Å². The second-order valence-corrected chi connectivity index (χ2v) is 6.76. The molecule has 0 radical (unpaired) electrons. The van der Waals surface area contributed by atoms with E-state index in [2.05, 4.69) is 41.1 Å². The summed E-state index contributed by atoms with van der Waals surface area (Å²) in [6, 6.07) is 5.45.